The molecule has 0 amide bonds. The molecule has 20 heavy (non-hydrogen) atoms. The van der Waals surface area contributed by atoms with Crippen molar-refractivity contribution in [2.45, 2.75) is 33.0 Å². The monoisotopic (exact) mass is 292 g/mol. The van der Waals surface area contributed by atoms with Gasteiger partial charge in [-0.3, -0.25) is 4.79 Å². The summed E-state index contributed by atoms with van der Waals surface area (Å²) in [4.78, 5) is 13.5. The van der Waals surface area contributed by atoms with E-state index in [4.69, 9.17) is 17.0 Å². The Morgan fingerprint density at radius 3 is 2.60 bits per heavy atom. The number of anilines is 1. The second-order valence-corrected chi connectivity index (χ2v) is 5.62. The number of rotatable bonds is 2. The number of hydrogen-bond acceptors (Lipinski definition) is 3. The van der Waals surface area contributed by atoms with Crippen LogP contribution in [0.2, 0.25) is 0 Å². The van der Waals surface area contributed by atoms with Gasteiger partial charge in [0.15, 0.2) is 10.9 Å². The first-order valence-electron chi connectivity index (χ1n) is 6.78. The zero-order valence-electron chi connectivity index (χ0n) is 12.1. The van der Waals surface area contributed by atoms with Crippen LogP contribution < -0.4 is 5.32 Å². The molecule has 1 heterocycles. The highest BCUT2D eigenvalue weighted by atomic mass is 32.1. The third kappa shape index (κ3) is 3.77. The molecule has 0 bridgehead atoms. The van der Waals surface area contributed by atoms with Crippen LogP contribution >= 0.6 is 12.2 Å². The lowest BCUT2D eigenvalue weighted by atomic mass is 10.1. The lowest BCUT2D eigenvalue weighted by molar-refractivity contribution is -0.0473. The van der Waals surface area contributed by atoms with Gasteiger partial charge in [-0.2, -0.15) is 0 Å². The van der Waals surface area contributed by atoms with Gasteiger partial charge >= 0.3 is 0 Å². The highest BCUT2D eigenvalue weighted by Crippen LogP contribution is 2.15. The minimum Gasteiger partial charge on any atom is -0.372 e. The average molecular weight is 292 g/mol. The number of hydrogen-bond donors (Lipinski definition) is 1. The second kappa shape index (κ2) is 6.33. The van der Waals surface area contributed by atoms with Crippen molar-refractivity contribution < 1.29 is 9.53 Å². The molecule has 2 atom stereocenters. The Kier molecular flexibility index (Phi) is 4.73. The first-order chi connectivity index (χ1) is 9.45. The molecule has 2 rings (SSSR count). The minimum atomic E-state index is 0.0492. The highest BCUT2D eigenvalue weighted by molar-refractivity contribution is 7.80. The molecule has 0 saturated carbocycles. The van der Waals surface area contributed by atoms with E-state index in [1.807, 2.05) is 32.0 Å². The standard InChI is InChI=1S/C15H20N2O2S/c1-10-8-17(9-11(2)19-10)15(20)16-14-6-4-5-13(7-14)12(3)18/h4-7,10-11H,8-9H2,1-3H3,(H,16,20). The van der Waals surface area contributed by atoms with E-state index in [9.17, 15) is 4.79 Å². The number of ketones is 1. The van der Waals surface area contributed by atoms with Crippen LogP contribution in [-0.4, -0.2) is 41.1 Å². The summed E-state index contributed by atoms with van der Waals surface area (Å²) in [5, 5.41) is 3.87. The smallest absolute Gasteiger partial charge is 0.173 e. The number of nitrogens with one attached hydrogen (secondary N) is 1. The Bertz CT molecular complexity index is 508. The fourth-order valence-electron chi connectivity index (χ4n) is 2.36. The predicted octanol–water partition coefficient (Wildman–Crippen LogP) is 2.70. The van der Waals surface area contributed by atoms with Gasteiger partial charge in [-0.05, 0) is 45.1 Å². The van der Waals surface area contributed by atoms with Crippen molar-refractivity contribution in [3.05, 3.63) is 29.8 Å². The number of carbonyl (C=O) groups excluding carboxylic acids is 1. The van der Waals surface area contributed by atoms with Crippen molar-refractivity contribution in [2.24, 2.45) is 0 Å². The maximum absolute atomic E-state index is 11.4. The number of morpholine rings is 1. The molecule has 1 aromatic rings. The summed E-state index contributed by atoms with van der Waals surface area (Å²) >= 11 is 5.45. The molecule has 1 aromatic carbocycles. The van der Waals surface area contributed by atoms with E-state index in [1.54, 1.807) is 13.0 Å². The molecule has 0 spiro atoms. The zero-order chi connectivity index (χ0) is 14.7. The molecule has 0 radical (unpaired) electrons. The minimum absolute atomic E-state index is 0.0492. The summed E-state index contributed by atoms with van der Waals surface area (Å²) in [5.74, 6) is 0.0492. The van der Waals surface area contributed by atoms with Crippen molar-refractivity contribution in [3.8, 4) is 0 Å². The van der Waals surface area contributed by atoms with Gasteiger partial charge in [0.25, 0.3) is 0 Å². The van der Waals surface area contributed by atoms with Crippen LogP contribution in [-0.2, 0) is 4.74 Å². The van der Waals surface area contributed by atoms with Crippen molar-refractivity contribution in [3.63, 3.8) is 0 Å². The Balaban J connectivity index is 2.04. The summed E-state index contributed by atoms with van der Waals surface area (Å²) in [6.07, 6.45) is 0.337. The molecule has 1 saturated heterocycles. The van der Waals surface area contributed by atoms with Crippen LogP contribution in [0, 0.1) is 0 Å². The Morgan fingerprint density at radius 1 is 1.35 bits per heavy atom. The fourth-order valence-corrected chi connectivity index (χ4v) is 2.63. The lowest BCUT2D eigenvalue weighted by Crippen LogP contribution is -2.49. The normalized spacial score (nSPS) is 22.4. The van der Waals surface area contributed by atoms with Crippen molar-refractivity contribution in [2.75, 3.05) is 18.4 Å². The number of thiocarbonyl (C=S) groups is 1. The molecule has 0 aliphatic carbocycles. The van der Waals surface area contributed by atoms with Gasteiger partial charge in [-0.15, -0.1) is 0 Å². The number of nitrogens with zero attached hydrogens (tertiary/aromatic N) is 1. The van der Waals surface area contributed by atoms with Crippen molar-refractivity contribution >= 4 is 28.8 Å². The molecule has 5 heteroatoms. The summed E-state index contributed by atoms with van der Waals surface area (Å²) in [6.45, 7) is 7.21. The molecular formula is C15H20N2O2S. The fraction of sp³-hybridized carbons (Fsp3) is 0.467. The van der Waals surface area contributed by atoms with Gasteiger partial charge in [0.1, 0.15) is 0 Å². The topological polar surface area (TPSA) is 41.6 Å². The number of ether oxygens (including phenoxy) is 1. The van der Waals surface area contributed by atoms with Gasteiger partial charge < -0.3 is 15.0 Å². The van der Waals surface area contributed by atoms with E-state index in [0.717, 1.165) is 18.8 Å². The van der Waals surface area contributed by atoms with Gasteiger partial charge in [0, 0.05) is 24.3 Å². The summed E-state index contributed by atoms with van der Waals surface area (Å²) in [6, 6.07) is 7.38. The maximum atomic E-state index is 11.4. The number of Topliss-reactive ketones (excluding diaryl/α,β-unsaturated/α-hetero) is 1. The summed E-state index contributed by atoms with van der Waals surface area (Å²) < 4.78 is 5.69. The highest BCUT2D eigenvalue weighted by Gasteiger charge is 2.23. The van der Waals surface area contributed by atoms with E-state index in [1.165, 1.54) is 0 Å². The molecule has 0 aromatic heterocycles. The molecule has 108 valence electrons. The Morgan fingerprint density at radius 2 is 2.00 bits per heavy atom. The van der Waals surface area contributed by atoms with Gasteiger partial charge in [-0.25, -0.2) is 0 Å². The van der Waals surface area contributed by atoms with Crippen molar-refractivity contribution in [1.29, 1.82) is 0 Å². The number of carbonyl (C=O) groups is 1. The van der Waals surface area contributed by atoms with Crippen LogP contribution in [0.15, 0.2) is 24.3 Å². The SMILES string of the molecule is CC(=O)c1cccc(NC(=S)N2CC(C)OC(C)C2)c1. The van der Waals surface area contributed by atoms with Crippen LogP contribution in [0.3, 0.4) is 0 Å². The van der Waals surface area contributed by atoms with E-state index in [2.05, 4.69) is 10.2 Å². The molecule has 2 unspecified atom stereocenters. The third-order valence-electron chi connectivity index (χ3n) is 3.23. The van der Waals surface area contributed by atoms with Crippen LogP contribution in [0.25, 0.3) is 0 Å². The quantitative estimate of drug-likeness (QED) is 0.670. The zero-order valence-corrected chi connectivity index (χ0v) is 12.9. The lowest BCUT2D eigenvalue weighted by Gasteiger charge is -2.36. The van der Waals surface area contributed by atoms with E-state index >= 15 is 0 Å². The predicted molar refractivity (Wildman–Crippen MR) is 84.2 cm³/mol. The van der Waals surface area contributed by atoms with E-state index in [0.29, 0.717) is 10.7 Å². The average Bonchev–Trinajstić information content (AvgIpc) is 2.37. The van der Waals surface area contributed by atoms with Gasteiger partial charge in [0.2, 0.25) is 0 Å². The summed E-state index contributed by atoms with van der Waals surface area (Å²) in [5.41, 5.74) is 1.52. The van der Waals surface area contributed by atoms with Gasteiger partial charge in [0.05, 0.1) is 12.2 Å². The maximum Gasteiger partial charge on any atom is 0.173 e. The molecule has 1 N–H and O–H groups in total. The second-order valence-electron chi connectivity index (χ2n) is 5.23. The Hall–Kier alpha value is -1.46. The first-order valence-corrected chi connectivity index (χ1v) is 7.19. The molecular weight excluding hydrogens is 272 g/mol. The first kappa shape index (κ1) is 14.9. The van der Waals surface area contributed by atoms with Crippen LogP contribution in [0.4, 0.5) is 5.69 Å². The third-order valence-corrected chi connectivity index (χ3v) is 3.59. The van der Waals surface area contributed by atoms with Crippen LogP contribution in [0.1, 0.15) is 31.1 Å². The van der Waals surface area contributed by atoms with E-state index < -0.39 is 0 Å². The molecule has 1 aliphatic rings. The summed E-state index contributed by atoms with van der Waals surface area (Å²) in [7, 11) is 0. The van der Waals surface area contributed by atoms with Crippen LogP contribution in [0.5, 0.6) is 0 Å². The number of benzene rings is 1. The van der Waals surface area contributed by atoms with Gasteiger partial charge in [-0.1, -0.05) is 12.1 Å². The van der Waals surface area contributed by atoms with E-state index in [-0.39, 0.29) is 18.0 Å². The molecule has 1 aliphatic heterocycles. The largest absolute Gasteiger partial charge is 0.372 e. The van der Waals surface area contributed by atoms with Crippen molar-refractivity contribution in [1.82, 2.24) is 4.90 Å². The Labute approximate surface area is 125 Å². The molecule has 4 nitrogen and oxygen atoms in total. The molecule has 1 fully saturated rings.